The predicted octanol–water partition coefficient (Wildman–Crippen LogP) is 3.09. The van der Waals surface area contributed by atoms with Crippen molar-refractivity contribution in [1.29, 1.82) is 0 Å². The van der Waals surface area contributed by atoms with Crippen molar-refractivity contribution in [1.82, 2.24) is 4.90 Å². The highest BCUT2D eigenvalue weighted by atomic mass is 16.4. The van der Waals surface area contributed by atoms with Gasteiger partial charge >= 0.3 is 5.97 Å². The van der Waals surface area contributed by atoms with Crippen molar-refractivity contribution in [2.24, 2.45) is 5.92 Å². The summed E-state index contributed by atoms with van der Waals surface area (Å²) in [4.78, 5) is 25.5. The standard InChI is InChI=1S/C20H22N2O3/c23-19(14-22-12-6-9-16(13-22)20(24)25)21-18-11-5-4-10-17(18)15-7-2-1-3-8-15/h1-5,7-8,10-11,16H,6,9,12-14H2,(H,21,23)(H,24,25). The molecule has 0 radical (unpaired) electrons. The lowest BCUT2D eigenvalue weighted by atomic mass is 9.98. The Morgan fingerprint density at radius 3 is 2.56 bits per heavy atom. The number of anilines is 1. The van der Waals surface area contributed by atoms with E-state index in [0.717, 1.165) is 29.8 Å². The fourth-order valence-electron chi connectivity index (χ4n) is 3.26. The molecule has 5 heteroatoms. The van der Waals surface area contributed by atoms with Gasteiger partial charge in [-0.15, -0.1) is 0 Å². The molecular weight excluding hydrogens is 316 g/mol. The summed E-state index contributed by atoms with van der Waals surface area (Å²) in [7, 11) is 0. The average molecular weight is 338 g/mol. The van der Waals surface area contributed by atoms with Gasteiger partial charge in [0.15, 0.2) is 0 Å². The van der Waals surface area contributed by atoms with Gasteiger partial charge in [0.05, 0.1) is 12.5 Å². The van der Waals surface area contributed by atoms with E-state index < -0.39 is 5.97 Å². The molecular formula is C20H22N2O3. The number of aliphatic carboxylic acids is 1. The number of hydrogen-bond acceptors (Lipinski definition) is 3. The lowest BCUT2D eigenvalue weighted by Crippen LogP contribution is -2.42. The molecule has 0 saturated carbocycles. The van der Waals surface area contributed by atoms with Crippen molar-refractivity contribution in [3.05, 3.63) is 54.6 Å². The van der Waals surface area contributed by atoms with Crippen molar-refractivity contribution in [3.8, 4) is 11.1 Å². The highest BCUT2D eigenvalue weighted by Gasteiger charge is 2.26. The molecule has 1 unspecified atom stereocenters. The van der Waals surface area contributed by atoms with Gasteiger partial charge in [-0.3, -0.25) is 14.5 Å². The number of nitrogens with zero attached hydrogens (tertiary/aromatic N) is 1. The molecule has 1 amide bonds. The molecule has 1 atom stereocenters. The molecule has 2 aromatic carbocycles. The number of rotatable bonds is 5. The number of nitrogens with one attached hydrogen (secondary N) is 1. The maximum Gasteiger partial charge on any atom is 0.307 e. The number of amides is 1. The van der Waals surface area contributed by atoms with E-state index in [4.69, 9.17) is 5.11 Å². The van der Waals surface area contributed by atoms with Gasteiger partial charge < -0.3 is 10.4 Å². The van der Waals surface area contributed by atoms with Crippen LogP contribution in [0.15, 0.2) is 54.6 Å². The molecule has 1 heterocycles. The van der Waals surface area contributed by atoms with Crippen molar-refractivity contribution in [2.45, 2.75) is 12.8 Å². The third-order valence-electron chi connectivity index (χ3n) is 4.51. The Kier molecular flexibility index (Phi) is 5.46. The van der Waals surface area contributed by atoms with Crippen LogP contribution in [0.2, 0.25) is 0 Å². The van der Waals surface area contributed by atoms with E-state index in [1.807, 2.05) is 59.5 Å². The van der Waals surface area contributed by atoms with Gasteiger partial charge in [-0.2, -0.15) is 0 Å². The zero-order valence-electron chi connectivity index (χ0n) is 14.0. The number of para-hydroxylation sites is 1. The molecule has 1 aliphatic heterocycles. The fraction of sp³-hybridized carbons (Fsp3) is 0.300. The lowest BCUT2D eigenvalue weighted by molar-refractivity contribution is -0.144. The predicted molar refractivity (Wildman–Crippen MR) is 97.3 cm³/mol. The molecule has 0 bridgehead atoms. The summed E-state index contributed by atoms with van der Waals surface area (Å²) < 4.78 is 0. The largest absolute Gasteiger partial charge is 0.481 e. The Morgan fingerprint density at radius 2 is 1.80 bits per heavy atom. The molecule has 1 aliphatic rings. The minimum atomic E-state index is -0.778. The molecule has 130 valence electrons. The van der Waals surface area contributed by atoms with Crippen molar-refractivity contribution < 1.29 is 14.7 Å². The summed E-state index contributed by atoms with van der Waals surface area (Å²) in [5.41, 5.74) is 2.78. The summed E-state index contributed by atoms with van der Waals surface area (Å²) in [5.74, 6) is -1.27. The zero-order valence-corrected chi connectivity index (χ0v) is 14.0. The van der Waals surface area contributed by atoms with Crippen molar-refractivity contribution in [2.75, 3.05) is 25.0 Å². The molecule has 25 heavy (non-hydrogen) atoms. The highest BCUT2D eigenvalue weighted by Crippen LogP contribution is 2.27. The second kappa shape index (κ2) is 7.94. The number of carboxylic acid groups (broad SMARTS) is 1. The summed E-state index contributed by atoms with van der Waals surface area (Å²) in [6.45, 7) is 1.41. The smallest absolute Gasteiger partial charge is 0.307 e. The van der Waals surface area contributed by atoms with E-state index >= 15 is 0 Å². The Labute approximate surface area is 147 Å². The van der Waals surface area contributed by atoms with Crippen molar-refractivity contribution in [3.63, 3.8) is 0 Å². The van der Waals surface area contributed by atoms with Gasteiger partial charge in [-0.25, -0.2) is 0 Å². The zero-order chi connectivity index (χ0) is 17.6. The number of benzene rings is 2. The molecule has 2 aromatic rings. The summed E-state index contributed by atoms with van der Waals surface area (Å²) in [6.07, 6.45) is 1.50. The summed E-state index contributed by atoms with van der Waals surface area (Å²) in [5, 5.41) is 12.1. The number of hydrogen-bond donors (Lipinski definition) is 2. The van der Waals surface area contributed by atoms with Gasteiger partial charge in [0.1, 0.15) is 0 Å². The quantitative estimate of drug-likeness (QED) is 0.879. The van der Waals surface area contributed by atoms with Crippen molar-refractivity contribution >= 4 is 17.6 Å². The fourth-order valence-corrected chi connectivity index (χ4v) is 3.26. The second-order valence-corrected chi connectivity index (χ2v) is 6.37. The van der Waals surface area contributed by atoms with Crippen LogP contribution in [-0.2, 0) is 9.59 Å². The van der Waals surface area contributed by atoms with Crippen LogP contribution in [0.3, 0.4) is 0 Å². The molecule has 0 aliphatic carbocycles. The summed E-state index contributed by atoms with van der Waals surface area (Å²) >= 11 is 0. The Hall–Kier alpha value is -2.66. The third kappa shape index (κ3) is 4.45. The van der Waals surface area contributed by atoms with E-state index in [9.17, 15) is 9.59 Å². The third-order valence-corrected chi connectivity index (χ3v) is 4.51. The van der Waals surface area contributed by atoms with Crippen LogP contribution < -0.4 is 5.32 Å². The summed E-state index contributed by atoms with van der Waals surface area (Å²) in [6, 6.07) is 17.6. The highest BCUT2D eigenvalue weighted by molar-refractivity contribution is 5.96. The normalized spacial score (nSPS) is 17.8. The number of carbonyl (C=O) groups is 2. The Bertz CT molecular complexity index is 746. The van der Waals surface area contributed by atoms with Crippen LogP contribution in [0.4, 0.5) is 5.69 Å². The van der Waals surface area contributed by atoms with Crippen LogP contribution in [0.25, 0.3) is 11.1 Å². The number of carbonyl (C=O) groups excluding carboxylic acids is 1. The Morgan fingerprint density at radius 1 is 1.08 bits per heavy atom. The van der Waals surface area contributed by atoms with Gasteiger partial charge in [-0.05, 0) is 31.0 Å². The van der Waals surface area contributed by atoms with E-state index in [1.165, 1.54) is 0 Å². The SMILES string of the molecule is O=C(CN1CCCC(C(=O)O)C1)Nc1ccccc1-c1ccccc1. The van der Waals surface area contributed by atoms with E-state index in [1.54, 1.807) is 0 Å². The Balaban J connectivity index is 1.67. The first-order chi connectivity index (χ1) is 12.1. The second-order valence-electron chi connectivity index (χ2n) is 6.37. The average Bonchev–Trinajstić information content (AvgIpc) is 2.63. The minimum absolute atomic E-state index is 0.116. The van der Waals surface area contributed by atoms with Crippen LogP contribution in [0.5, 0.6) is 0 Å². The number of carboxylic acids is 1. The first-order valence-electron chi connectivity index (χ1n) is 8.53. The van der Waals surface area contributed by atoms with Gasteiger partial charge in [0, 0.05) is 17.8 Å². The van der Waals surface area contributed by atoms with Gasteiger partial charge in [-0.1, -0.05) is 48.5 Å². The molecule has 0 aromatic heterocycles. The maximum atomic E-state index is 12.4. The van der Waals surface area contributed by atoms with Crippen LogP contribution in [-0.4, -0.2) is 41.5 Å². The molecule has 3 rings (SSSR count). The minimum Gasteiger partial charge on any atom is -0.481 e. The van der Waals surface area contributed by atoms with Crippen LogP contribution in [0, 0.1) is 5.92 Å². The number of likely N-dealkylation sites (tertiary alicyclic amines) is 1. The van der Waals surface area contributed by atoms with E-state index in [0.29, 0.717) is 13.0 Å². The topological polar surface area (TPSA) is 69.6 Å². The number of piperidine rings is 1. The van der Waals surface area contributed by atoms with Crippen LogP contribution >= 0.6 is 0 Å². The molecule has 1 fully saturated rings. The lowest BCUT2D eigenvalue weighted by Gasteiger charge is -2.30. The monoisotopic (exact) mass is 338 g/mol. The molecule has 2 N–H and O–H groups in total. The van der Waals surface area contributed by atoms with Gasteiger partial charge in [0.25, 0.3) is 0 Å². The first-order valence-corrected chi connectivity index (χ1v) is 8.53. The van der Waals surface area contributed by atoms with E-state index in [-0.39, 0.29) is 18.4 Å². The molecule has 1 saturated heterocycles. The maximum absolute atomic E-state index is 12.4. The molecule has 5 nitrogen and oxygen atoms in total. The van der Waals surface area contributed by atoms with Crippen LogP contribution in [0.1, 0.15) is 12.8 Å². The molecule has 0 spiro atoms. The van der Waals surface area contributed by atoms with E-state index in [2.05, 4.69) is 5.32 Å². The first kappa shape index (κ1) is 17.2. The van der Waals surface area contributed by atoms with Gasteiger partial charge in [0.2, 0.25) is 5.91 Å².